The molecule has 0 amide bonds. The molecule has 0 saturated heterocycles. The van der Waals surface area contributed by atoms with E-state index in [1.807, 2.05) is 72.8 Å². The van der Waals surface area contributed by atoms with Gasteiger partial charge in [-0.15, -0.1) is 0 Å². The Bertz CT molecular complexity index is 817. The van der Waals surface area contributed by atoms with Gasteiger partial charge in [0.25, 0.3) is 0 Å². The molecular formula is C19H14O2. The van der Waals surface area contributed by atoms with Crippen LogP contribution in [0.2, 0.25) is 0 Å². The maximum Gasteiger partial charge on any atom is 0.328 e. The van der Waals surface area contributed by atoms with Gasteiger partial charge in [-0.05, 0) is 33.5 Å². The van der Waals surface area contributed by atoms with Crippen LogP contribution in [0.3, 0.4) is 0 Å². The highest BCUT2D eigenvalue weighted by atomic mass is 16.4. The van der Waals surface area contributed by atoms with Gasteiger partial charge >= 0.3 is 5.97 Å². The lowest BCUT2D eigenvalue weighted by Crippen LogP contribution is -1.94. The lowest BCUT2D eigenvalue weighted by molar-refractivity contribution is -0.131. The normalized spacial score (nSPS) is 11.5. The van der Waals surface area contributed by atoms with Crippen molar-refractivity contribution in [2.45, 2.75) is 0 Å². The predicted octanol–water partition coefficient (Wildman–Crippen LogP) is 4.36. The summed E-state index contributed by atoms with van der Waals surface area (Å²) in [6, 6.07) is 23.6. The van der Waals surface area contributed by atoms with Gasteiger partial charge in [-0.2, -0.15) is 0 Å². The van der Waals surface area contributed by atoms with Crippen LogP contribution >= 0.6 is 0 Å². The van der Waals surface area contributed by atoms with Crippen LogP contribution in [-0.4, -0.2) is 11.1 Å². The molecule has 3 aromatic rings. The number of hydrogen-bond donors (Lipinski definition) is 1. The Kier molecular flexibility index (Phi) is 3.52. The molecule has 3 aromatic carbocycles. The molecule has 0 atom stereocenters. The zero-order valence-corrected chi connectivity index (χ0v) is 11.4. The Balaban J connectivity index is 2.17. The molecule has 0 aliphatic carbocycles. The Morgan fingerprint density at radius 2 is 1.43 bits per heavy atom. The van der Waals surface area contributed by atoms with Crippen molar-refractivity contribution in [1.82, 2.24) is 0 Å². The first-order valence-corrected chi connectivity index (χ1v) is 6.73. The van der Waals surface area contributed by atoms with Crippen LogP contribution < -0.4 is 0 Å². The number of carboxylic acids is 1. The van der Waals surface area contributed by atoms with Crippen molar-refractivity contribution in [1.29, 1.82) is 0 Å². The molecule has 0 aliphatic rings. The van der Waals surface area contributed by atoms with Crippen molar-refractivity contribution < 1.29 is 9.90 Å². The average molecular weight is 274 g/mol. The van der Waals surface area contributed by atoms with Crippen molar-refractivity contribution in [3.8, 4) is 0 Å². The number of benzene rings is 3. The summed E-state index contributed by atoms with van der Waals surface area (Å²) in [5, 5.41) is 11.4. The van der Waals surface area contributed by atoms with E-state index < -0.39 is 5.97 Å². The third-order valence-corrected chi connectivity index (χ3v) is 3.41. The number of rotatable bonds is 3. The second kappa shape index (κ2) is 5.63. The van der Waals surface area contributed by atoms with E-state index in [9.17, 15) is 4.79 Å². The zero-order chi connectivity index (χ0) is 14.7. The van der Waals surface area contributed by atoms with Crippen LogP contribution in [0.1, 0.15) is 11.1 Å². The van der Waals surface area contributed by atoms with E-state index in [2.05, 4.69) is 0 Å². The summed E-state index contributed by atoms with van der Waals surface area (Å²) >= 11 is 0. The summed E-state index contributed by atoms with van der Waals surface area (Å²) in [6.07, 6.45) is 1.26. The molecule has 2 nitrogen and oxygen atoms in total. The molecule has 2 heteroatoms. The minimum absolute atomic E-state index is 0.717. The van der Waals surface area contributed by atoms with E-state index in [0.29, 0.717) is 5.57 Å². The first-order chi connectivity index (χ1) is 10.2. The highest BCUT2D eigenvalue weighted by Crippen LogP contribution is 2.26. The van der Waals surface area contributed by atoms with Crippen molar-refractivity contribution in [2.24, 2.45) is 0 Å². The maximum absolute atomic E-state index is 11.1. The van der Waals surface area contributed by atoms with Crippen LogP contribution in [-0.2, 0) is 4.79 Å². The van der Waals surface area contributed by atoms with Crippen LogP contribution in [0.15, 0.2) is 78.9 Å². The smallest absolute Gasteiger partial charge is 0.328 e. The summed E-state index contributed by atoms with van der Waals surface area (Å²) in [4.78, 5) is 11.1. The summed E-state index contributed by atoms with van der Waals surface area (Å²) < 4.78 is 0. The molecule has 0 heterocycles. The predicted molar refractivity (Wildman–Crippen MR) is 85.1 cm³/mol. The Labute approximate surface area is 123 Å². The zero-order valence-electron chi connectivity index (χ0n) is 11.4. The van der Waals surface area contributed by atoms with E-state index in [1.165, 1.54) is 6.08 Å². The molecule has 3 rings (SSSR count). The van der Waals surface area contributed by atoms with Crippen LogP contribution in [0.25, 0.3) is 16.3 Å². The third kappa shape index (κ3) is 2.84. The molecule has 0 unspecified atom stereocenters. The Morgan fingerprint density at radius 3 is 2.14 bits per heavy atom. The Morgan fingerprint density at radius 1 is 0.762 bits per heavy atom. The molecule has 0 aromatic heterocycles. The van der Waals surface area contributed by atoms with Gasteiger partial charge in [0.2, 0.25) is 0 Å². The lowest BCUT2D eigenvalue weighted by atomic mass is 9.95. The van der Waals surface area contributed by atoms with Gasteiger partial charge < -0.3 is 5.11 Å². The van der Waals surface area contributed by atoms with Crippen LogP contribution in [0, 0.1) is 0 Å². The molecule has 0 radical (unpaired) electrons. The second-order valence-electron chi connectivity index (χ2n) is 4.82. The van der Waals surface area contributed by atoms with Gasteiger partial charge in [-0.3, -0.25) is 0 Å². The van der Waals surface area contributed by atoms with Gasteiger partial charge in [0.05, 0.1) is 0 Å². The van der Waals surface area contributed by atoms with Crippen molar-refractivity contribution in [3.63, 3.8) is 0 Å². The molecule has 0 aliphatic heterocycles. The molecular weight excluding hydrogens is 260 g/mol. The quantitative estimate of drug-likeness (QED) is 0.721. The van der Waals surface area contributed by atoms with Crippen molar-refractivity contribution >= 4 is 22.3 Å². The highest BCUT2D eigenvalue weighted by Gasteiger charge is 2.07. The monoisotopic (exact) mass is 274 g/mol. The highest BCUT2D eigenvalue weighted by molar-refractivity contribution is 5.97. The first kappa shape index (κ1) is 13.1. The van der Waals surface area contributed by atoms with Gasteiger partial charge in [0.15, 0.2) is 0 Å². The van der Waals surface area contributed by atoms with Crippen molar-refractivity contribution in [3.05, 3.63) is 90.0 Å². The van der Waals surface area contributed by atoms with Crippen LogP contribution in [0.5, 0.6) is 0 Å². The average Bonchev–Trinajstić information content (AvgIpc) is 2.53. The summed E-state index contributed by atoms with van der Waals surface area (Å²) in [5.74, 6) is -0.943. The third-order valence-electron chi connectivity index (χ3n) is 3.41. The van der Waals surface area contributed by atoms with E-state index in [4.69, 9.17) is 5.11 Å². The molecule has 0 spiro atoms. The number of hydrogen-bond acceptors (Lipinski definition) is 1. The SMILES string of the molecule is O=C(O)/C=C(\c1ccccc1)c1ccc2ccccc2c1. The molecule has 0 saturated carbocycles. The minimum Gasteiger partial charge on any atom is -0.478 e. The molecule has 0 bridgehead atoms. The fourth-order valence-electron chi connectivity index (χ4n) is 2.43. The molecule has 21 heavy (non-hydrogen) atoms. The van der Waals surface area contributed by atoms with Gasteiger partial charge in [-0.25, -0.2) is 4.79 Å². The van der Waals surface area contributed by atoms with E-state index in [0.717, 1.165) is 21.9 Å². The largest absolute Gasteiger partial charge is 0.478 e. The van der Waals surface area contributed by atoms with Crippen molar-refractivity contribution in [2.75, 3.05) is 0 Å². The van der Waals surface area contributed by atoms with Crippen LogP contribution in [0.4, 0.5) is 0 Å². The molecule has 102 valence electrons. The summed E-state index contributed by atoms with van der Waals surface area (Å²) in [6.45, 7) is 0. The molecule has 0 fully saturated rings. The number of fused-ring (bicyclic) bond motifs is 1. The fourth-order valence-corrected chi connectivity index (χ4v) is 2.43. The Hall–Kier alpha value is -2.87. The van der Waals surface area contributed by atoms with E-state index in [1.54, 1.807) is 0 Å². The van der Waals surface area contributed by atoms with Gasteiger partial charge in [-0.1, -0.05) is 66.7 Å². The standard InChI is InChI=1S/C19H14O2/c20-19(21)13-18(15-7-2-1-3-8-15)17-11-10-14-6-4-5-9-16(14)12-17/h1-13H,(H,20,21)/b18-13+. The molecule has 1 N–H and O–H groups in total. The number of aliphatic carboxylic acids is 1. The minimum atomic E-state index is -0.943. The number of carboxylic acid groups (broad SMARTS) is 1. The maximum atomic E-state index is 11.1. The topological polar surface area (TPSA) is 37.3 Å². The van der Waals surface area contributed by atoms with Gasteiger partial charge in [0.1, 0.15) is 0 Å². The fraction of sp³-hybridized carbons (Fsp3) is 0. The summed E-state index contributed by atoms with van der Waals surface area (Å²) in [7, 11) is 0. The summed E-state index contributed by atoms with van der Waals surface area (Å²) in [5.41, 5.74) is 2.52. The van der Waals surface area contributed by atoms with E-state index >= 15 is 0 Å². The number of carbonyl (C=O) groups is 1. The first-order valence-electron chi connectivity index (χ1n) is 6.73. The van der Waals surface area contributed by atoms with Gasteiger partial charge in [0, 0.05) is 6.08 Å². The second-order valence-corrected chi connectivity index (χ2v) is 4.82. The van der Waals surface area contributed by atoms with E-state index in [-0.39, 0.29) is 0 Å². The lowest BCUT2D eigenvalue weighted by Gasteiger charge is -2.09.